The lowest BCUT2D eigenvalue weighted by Gasteiger charge is -2.26. The fourth-order valence-electron chi connectivity index (χ4n) is 4.17. The highest BCUT2D eigenvalue weighted by Crippen LogP contribution is 2.28. The van der Waals surface area contributed by atoms with Crippen molar-refractivity contribution in [2.75, 3.05) is 6.54 Å². The zero-order chi connectivity index (χ0) is 25.2. The molecule has 0 fully saturated rings. The van der Waals surface area contributed by atoms with Crippen LogP contribution in [0.5, 0.6) is 0 Å². The number of carbonyl (C=O) groups excluding carboxylic acids is 1. The van der Waals surface area contributed by atoms with Gasteiger partial charge in [-0.15, -0.1) is 0 Å². The van der Waals surface area contributed by atoms with E-state index in [1.165, 1.54) is 5.56 Å². The molecule has 4 rings (SSSR count). The fraction of sp³-hybridized carbons (Fsp3) is 0.276. The Morgan fingerprint density at radius 1 is 0.914 bits per heavy atom. The lowest BCUT2D eigenvalue weighted by atomic mass is 9.82. The minimum absolute atomic E-state index is 0.0713. The summed E-state index contributed by atoms with van der Waals surface area (Å²) in [5, 5.41) is 2.48. The Bertz CT molecular complexity index is 1340. The number of aromatic amines is 1. The molecule has 0 atom stereocenters. The molecule has 0 bridgehead atoms. The van der Waals surface area contributed by atoms with Gasteiger partial charge in [0.05, 0.1) is 21.1 Å². The van der Waals surface area contributed by atoms with Gasteiger partial charge in [0, 0.05) is 29.7 Å². The van der Waals surface area contributed by atoms with E-state index >= 15 is 0 Å². The standard InChI is InChI=1S/C29H29Cl3N2O/c1-4-29(2,3)22-8-5-20(6-9-22)18-34(14-12-19-7-10-25(31)26(32)15-19)28(35)24-17-23(30)16-21-11-13-33-27(21)24/h5-11,13,15-17,33H,4,12,14,18H2,1-3H3. The quantitative estimate of drug-likeness (QED) is 0.244. The summed E-state index contributed by atoms with van der Waals surface area (Å²) in [6, 6.07) is 19.7. The van der Waals surface area contributed by atoms with E-state index in [1.807, 2.05) is 35.4 Å². The van der Waals surface area contributed by atoms with Crippen LogP contribution < -0.4 is 0 Å². The number of hydrogen-bond donors (Lipinski definition) is 1. The zero-order valence-electron chi connectivity index (χ0n) is 20.2. The van der Waals surface area contributed by atoms with Crippen molar-refractivity contribution in [3.8, 4) is 0 Å². The number of hydrogen-bond acceptors (Lipinski definition) is 1. The number of H-pyrrole nitrogens is 1. The largest absolute Gasteiger partial charge is 0.361 e. The smallest absolute Gasteiger partial charge is 0.256 e. The van der Waals surface area contributed by atoms with Crippen molar-refractivity contribution in [3.63, 3.8) is 0 Å². The second-order valence-electron chi connectivity index (χ2n) is 9.55. The van der Waals surface area contributed by atoms with Gasteiger partial charge in [-0.2, -0.15) is 0 Å². The van der Waals surface area contributed by atoms with E-state index in [1.54, 1.807) is 12.1 Å². The molecule has 3 aromatic carbocycles. The van der Waals surface area contributed by atoms with Crippen LogP contribution in [0.3, 0.4) is 0 Å². The Morgan fingerprint density at radius 3 is 2.31 bits per heavy atom. The van der Waals surface area contributed by atoms with Crippen LogP contribution in [0.1, 0.15) is 54.2 Å². The van der Waals surface area contributed by atoms with Crippen molar-refractivity contribution in [2.45, 2.75) is 45.6 Å². The molecule has 1 amide bonds. The maximum absolute atomic E-state index is 13.8. The molecular formula is C29H29Cl3N2O. The van der Waals surface area contributed by atoms with E-state index in [9.17, 15) is 4.79 Å². The van der Waals surface area contributed by atoms with Crippen LogP contribution >= 0.6 is 34.8 Å². The van der Waals surface area contributed by atoms with Gasteiger partial charge in [-0.1, -0.05) is 85.9 Å². The summed E-state index contributed by atoms with van der Waals surface area (Å²) in [6.07, 6.45) is 3.53. The maximum atomic E-state index is 13.8. The van der Waals surface area contributed by atoms with Crippen molar-refractivity contribution in [1.82, 2.24) is 9.88 Å². The van der Waals surface area contributed by atoms with Crippen LogP contribution in [-0.2, 0) is 18.4 Å². The van der Waals surface area contributed by atoms with Crippen LogP contribution in [0, 0.1) is 0 Å². The summed E-state index contributed by atoms with van der Waals surface area (Å²) in [4.78, 5) is 18.9. The number of rotatable bonds is 8. The number of amides is 1. The summed E-state index contributed by atoms with van der Waals surface area (Å²) < 4.78 is 0. The molecule has 0 saturated heterocycles. The molecule has 0 aliphatic rings. The van der Waals surface area contributed by atoms with Gasteiger partial charge in [0.15, 0.2) is 0 Å². The number of fused-ring (bicyclic) bond motifs is 1. The molecule has 0 unspecified atom stereocenters. The minimum Gasteiger partial charge on any atom is -0.361 e. The number of carbonyl (C=O) groups is 1. The van der Waals surface area contributed by atoms with Crippen LogP contribution in [0.2, 0.25) is 15.1 Å². The topological polar surface area (TPSA) is 36.1 Å². The van der Waals surface area contributed by atoms with Crippen molar-refractivity contribution in [3.05, 3.63) is 104 Å². The third-order valence-electron chi connectivity index (χ3n) is 6.79. The minimum atomic E-state index is -0.0713. The Labute approximate surface area is 222 Å². The van der Waals surface area contributed by atoms with Crippen molar-refractivity contribution < 1.29 is 4.79 Å². The van der Waals surface area contributed by atoms with Crippen molar-refractivity contribution in [1.29, 1.82) is 0 Å². The molecule has 0 aliphatic heterocycles. The first-order valence-electron chi connectivity index (χ1n) is 11.8. The molecule has 3 nitrogen and oxygen atoms in total. The Balaban J connectivity index is 1.64. The SMILES string of the molecule is CCC(C)(C)c1ccc(CN(CCc2ccc(Cl)c(Cl)c2)C(=O)c2cc(Cl)cc3cc[nH]c23)cc1. The lowest BCUT2D eigenvalue weighted by molar-refractivity contribution is 0.0747. The Hall–Kier alpha value is -2.46. The molecule has 35 heavy (non-hydrogen) atoms. The van der Waals surface area contributed by atoms with Gasteiger partial charge < -0.3 is 9.88 Å². The molecule has 0 saturated carbocycles. The Kier molecular flexibility index (Phi) is 7.80. The molecule has 1 aromatic heterocycles. The molecule has 1 heterocycles. The third-order valence-corrected chi connectivity index (χ3v) is 7.75. The van der Waals surface area contributed by atoms with E-state index in [-0.39, 0.29) is 11.3 Å². The van der Waals surface area contributed by atoms with Gasteiger partial charge in [0.25, 0.3) is 5.91 Å². The number of nitrogens with one attached hydrogen (secondary N) is 1. The third kappa shape index (κ3) is 5.86. The summed E-state index contributed by atoms with van der Waals surface area (Å²) in [6.45, 7) is 7.70. The van der Waals surface area contributed by atoms with Gasteiger partial charge in [0.1, 0.15) is 0 Å². The van der Waals surface area contributed by atoms with Crippen LogP contribution in [0.25, 0.3) is 10.9 Å². The molecule has 6 heteroatoms. The normalized spacial score (nSPS) is 11.7. The van der Waals surface area contributed by atoms with Crippen molar-refractivity contribution >= 4 is 51.6 Å². The highest BCUT2D eigenvalue weighted by atomic mass is 35.5. The first kappa shape index (κ1) is 25.6. The first-order chi connectivity index (χ1) is 16.7. The van der Waals surface area contributed by atoms with Gasteiger partial charge in [0.2, 0.25) is 0 Å². The number of nitrogens with zero attached hydrogens (tertiary/aromatic N) is 1. The predicted octanol–water partition coefficient (Wildman–Crippen LogP) is 8.70. The number of halogens is 3. The summed E-state index contributed by atoms with van der Waals surface area (Å²) in [5.41, 5.74) is 4.86. The average molecular weight is 528 g/mol. The highest BCUT2D eigenvalue weighted by molar-refractivity contribution is 6.42. The van der Waals surface area contributed by atoms with Crippen LogP contribution in [0.4, 0.5) is 0 Å². The molecule has 182 valence electrons. The van der Waals surface area contributed by atoms with Gasteiger partial charge in [-0.25, -0.2) is 0 Å². The molecule has 0 radical (unpaired) electrons. The predicted molar refractivity (Wildman–Crippen MR) is 148 cm³/mol. The van der Waals surface area contributed by atoms with E-state index in [0.29, 0.717) is 40.1 Å². The number of aromatic nitrogens is 1. The second kappa shape index (κ2) is 10.7. The summed E-state index contributed by atoms with van der Waals surface area (Å²) >= 11 is 18.7. The molecular weight excluding hydrogens is 499 g/mol. The molecule has 0 spiro atoms. The zero-order valence-corrected chi connectivity index (χ0v) is 22.4. The molecule has 4 aromatic rings. The van der Waals surface area contributed by atoms with E-state index < -0.39 is 0 Å². The van der Waals surface area contributed by atoms with Crippen LogP contribution in [-0.4, -0.2) is 22.3 Å². The molecule has 0 aliphatic carbocycles. The average Bonchev–Trinajstić information content (AvgIpc) is 3.31. The Morgan fingerprint density at radius 2 is 1.63 bits per heavy atom. The molecule has 1 N–H and O–H groups in total. The van der Waals surface area contributed by atoms with E-state index in [2.05, 4.69) is 50.0 Å². The van der Waals surface area contributed by atoms with Crippen LogP contribution in [0.15, 0.2) is 66.9 Å². The van der Waals surface area contributed by atoms with Crippen molar-refractivity contribution in [2.24, 2.45) is 0 Å². The van der Waals surface area contributed by atoms with Gasteiger partial charge in [-0.3, -0.25) is 4.79 Å². The summed E-state index contributed by atoms with van der Waals surface area (Å²) in [7, 11) is 0. The second-order valence-corrected chi connectivity index (χ2v) is 10.8. The maximum Gasteiger partial charge on any atom is 0.256 e. The van der Waals surface area contributed by atoms with Gasteiger partial charge >= 0.3 is 0 Å². The van der Waals surface area contributed by atoms with E-state index in [4.69, 9.17) is 34.8 Å². The van der Waals surface area contributed by atoms with Gasteiger partial charge in [-0.05, 0) is 65.3 Å². The number of benzene rings is 3. The fourth-order valence-corrected chi connectivity index (χ4v) is 4.72. The first-order valence-corrected chi connectivity index (χ1v) is 12.9. The summed E-state index contributed by atoms with van der Waals surface area (Å²) in [5.74, 6) is -0.0713. The highest BCUT2D eigenvalue weighted by Gasteiger charge is 2.21. The van der Waals surface area contributed by atoms with E-state index in [0.717, 1.165) is 28.5 Å². The monoisotopic (exact) mass is 526 g/mol. The lowest BCUT2D eigenvalue weighted by Crippen LogP contribution is -2.32.